The Labute approximate surface area is 124 Å². The van der Waals surface area contributed by atoms with E-state index in [1.807, 2.05) is 0 Å². The van der Waals surface area contributed by atoms with E-state index in [-0.39, 0.29) is 11.6 Å². The summed E-state index contributed by atoms with van der Waals surface area (Å²) < 4.78 is 38.4. The number of anilines is 3. The maximum absolute atomic E-state index is 12.8. The van der Waals surface area contributed by atoms with Gasteiger partial charge in [-0.15, -0.1) is 0 Å². The van der Waals surface area contributed by atoms with Gasteiger partial charge in [0.15, 0.2) is 0 Å². The summed E-state index contributed by atoms with van der Waals surface area (Å²) in [5, 5.41) is 5.99. The van der Waals surface area contributed by atoms with E-state index in [0.29, 0.717) is 17.3 Å². The van der Waals surface area contributed by atoms with Crippen molar-refractivity contribution in [2.45, 2.75) is 13.1 Å². The fourth-order valence-electron chi connectivity index (χ4n) is 1.62. The quantitative estimate of drug-likeness (QED) is 0.881. The largest absolute Gasteiger partial charge is 0.451 e. The first kappa shape index (κ1) is 15.4. The van der Waals surface area contributed by atoms with Crippen molar-refractivity contribution < 1.29 is 13.2 Å². The molecule has 21 heavy (non-hydrogen) atoms. The van der Waals surface area contributed by atoms with E-state index in [1.54, 1.807) is 31.2 Å². The summed E-state index contributed by atoms with van der Waals surface area (Å²) in [6, 6.07) is 8.01. The van der Waals surface area contributed by atoms with Gasteiger partial charge in [-0.3, -0.25) is 0 Å². The molecular formula is C13H12ClF3N4. The van der Waals surface area contributed by atoms with E-state index in [1.165, 1.54) is 6.07 Å². The summed E-state index contributed by atoms with van der Waals surface area (Å²) in [5.74, 6) is -1.06. The second kappa shape index (κ2) is 6.17. The highest BCUT2D eigenvalue weighted by atomic mass is 35.5. The summed E-state index contributed by atoms with van der Waals surface area (Å²) >= 11 is 5.83. The van der Waals surface area contributed by atoms with E-state index >= 15 is 0 Å². The molecule has 1 aromatic heterocycles. The van der Waals surface area contributed by atoms with Gasteiger partial charge in [-0.25, -0.2) is 9.97 Å². The summed E-state index contributed by atoms with van der Waals surface area (Å²) in [5.41, 5.74) is 0.539. The molecular weight excluding hydrogens is 305 g/mol. The second-order valence-electron chi connectivity index (χ2n) is 4.13. The minimum Gasteiger partial charge on any atom is -0.370 e. The smallest absolute Gasteiger partial charge is 0.370 e. The molecule has 0 fully saturated rings. The van der Waals surface area contributed by atoms with Crippen molar-refractivity contribution in [3.63, 3.8) is 0 Å². The molecule has 0 atom stereocenters. The monoisotopic (exact) mass is 316 g/mol. The summed E-state index contributed by atoms with van der Waals surface area (Å²) in [6.07, 6.45) is -4.61. The Morgan fingerprint density at radius 2 is 1.86 bits per heavy atom. The molecule has 0 unspecified atom stereocenters. The molecule has 8 heteroatoms. The van der Waals surface area contributed by atoms with Crippen molar-refractivity contribution in [1.82, 2.24) is 9.97 Å². The Hall–Kier alpha value is -2.02. The van der Waals surface area contributed by atoms with Crippen LogP contribution in [0.2, 0.25) is 5.02 Å². The van der Waals surface area contributed by atoms with E-state index in [9.17, 15) is 13.2 Å². The predicted octanol–water partition coefficient (Wildman–Crippen LogP) is 4.32. The van der Waals surface area contributed by atoms with Gasteiger partial charge in [0.2, 0.25) is 5.82 Å². The predicted molar refractivity (Wildman–Crippen MR) is 75.9 cm³/mol. The fraction of sp³-hybridized carbons (Fsp3) is 0.231. The minimum atomic E-state index is -4.61. The van der Waals surface area contributed by atoms with Gasteiger partial charge in [-0.1, -0.05) is 17.7 Å². The van der Waals surface area contributed by atoms with E-state index < -0.39 is 12.0 Å². The van der Waals surface area contributed by atoms with Crippen LogP contribution in [0, 0.1) is 0 Å². The number of alkyl halides is 3. The van der Waals surface area contributed by atoms with Crippen molar-refractivity contribution in [2.24, 2.45) is 0 Å². The zero-order valence-corrected chi connectivity index (χ0v) is 11.8. The molecule has 0 amide bonds. The van der Waals surface area contributed by atoms with Crippen molar-refractivity contribution in [2.75, 3.05) is 17.2 Å². The summed E-state index contributed by atoms with van der Waals surface area (Å²) in [7, 11) is 0. The number of nitrogens with one attached hydrogen (secondary N) is 2. The van der Waals surface area contributed by atoms with Gasteiger partial charge in [0.1, 0.15) is 11.6 Å². The lowest BCUT2D eigenvalue weighted by Gasteiger charge is -2.12. The molecule has 4 nitrogen and oxygen atoms in total. The Morgan fingerprint density at radius 3 is 2.48 bits per heavy atom. The van der Waals surface area contributed by atoms with Crippen molar-refractivity contribution in [3.05, 3.63) is 41.2 Å². The second-order valence-corrected chi connectivity index (χ2v) is 4.56. The molecule has 1 heterocycles. The normalized spacial score (nSPS) is 11.3. The number of rotatable bonds is 4. The maximum atomic E-state index is 12.8. The van der Waals surface area contributed by atoms with Gasteiger partial charge >= 0.3 is 6.18 Å². The average Bonchev–Trinajstić information content (AvgIpc) is 2.37. The van der Waals surface area contributed by atoms with Gasteiger partial charge in [0.05, 0.1) is 0 Å². The van der Waals surface area contributed by atoms with Gasteiger partial charge in [-0.2, -0.15) is 13.2 Å². The molecule has 0 bridgehead atoms. The zero-order chi connectivity index (χ0) is 15.5. The minimum absolute atomic E-state index is 0.0375. The molecule has 0 aliphatic rings. The number of aromatic nitrogens is 2. The van der Waals surface area contributed by atoms with Crippen LogP contribution in [-0.2, 0) is 6.18 Å². The van der Waals surface area contributed by atoms with E-state index in [2.05, 4.69) is 20.6 Å². The number of nitrogens with zero attached hydrogens (tertiary/aromatic N) is 2. The van der Waals surface area contributed by atoms with Gasteiger partial charge in [0.25, 0.3) is 0 Å². The summed E-state index contributed by atoms with van der Waals surface area (Å²) in [4.78, 5) is 6.92. The fourth-order valence-corrected chi connectivity index (χ4v) is 1.81. The first-order chi connectivity index (χ1) is 9.88. The Kier molecular flexibility index (Phi) is 4.52. The Bertz CT molecular complexity index is 631. The van der Waals surface area contributed by atoms with Gasteiger partial charge in [-0.05, 0) is 25.1 Å². The Balaban J connectivity index is 2.35. The molecule has 0 aliphatic carbocycles. The molecule has 2 rings (SSSR count). The molecule has 0 saturated carbocycles. The molecule has 2 aromatic rings. The lowest BCUT2D eigenvalue weighted by Crippen LogP contribution is -2.14. The van der Waals surface area contributed by atoms with Crippen LogP contribution in [0.25, 0.3) is 0 Å². The van der Waals surface area contributed by atoms with Crippen LogP contribution < -0.4 is 10.6 Å². The molecule has 112 valence electrons. The molecule has 0 radical (unpaired) electrons. The third kappa shape index (κ3) is 4.22. The highest BCUT2D eigenvalue weighted by Crippen LogP contribution is 2.29. The first-order valence-electron chi connectivity index (χ1n) is 6.11. The number of benzene rings is 1. The first-order valence-corrected chi connectivity index (χ1v) is 6.49. The maximum Gasteiger partial charge on any atom is 0.451 e. The molecule has 0 saturated heterocycles. The van der Waals surface area contributed by atoms with E-state index in [0.717, 1.165) is 0 Å². The molecule has 0 aliphatic heterocycles. The van der Waals surface area contributed by atoms with Crippen molar-refractivity contribution >= 4 is 28.9 Å². The molecule has 1 aromatic carbocycles. The highest BCUT2D eigenvalue weighted by Gasteiger charge is 2.35. The van der Waals surface area contributed by atoms with E-state index in [4.69, 9.17) is 11.6 Å². The average molecular weight is 317 g/mol. The van der Waals surface area contributed by atoms with Gasteiger partial charge in [0, 0.05) is 23.3 Å². The highest BCUT2D eigenvalue weighted by molar-refractivity contribution is 6.30. The number of hydrogen-bond acceptors (Lipinski definition) is 4. The Morgan fingerprint density at radius 1 is 1.14 bits per heavy atom. The van der Waals surface area contributed by atoms with Crippen molar-refractivity contribution in [1.29, 1.82) is 0 Å². The van der Waals surface area contributed by atoms with Crippen LogP contribution in [0.5, 0.6) is 0 Å². The van der Waals surface area contributed by atoms with Crippen LogP contribution in [0.15, 0.2) is 30.3 Å². The topological polar surface area (TPSA) is 49.8 Å². The van der Waals surface area contributed by atoms with Crippen molar-refractivity contribution in [3.8, 4) is 0 Å². The number of hydrogen-bond donors (Lipinski definition) is 2. The lowest BCUT2D eigenvalue weighted by molar-refractivity contribution is -0.144. The third-order valence-corrected chi connectivity index (χ3v) is 2.67. The molecule has 0 spiro atoms. The van der Waals surface area contributed by atoms with Crippen LogP contribution in [0.1, 0.15) is 12.7 Å². The SMILES string of the molecule is CCNc1cc(Nc2cccc(Cl)c2)nc(C(F)(F)F)n1. The third-order valence-electron chi connectivity index (χ3n) is 2.43. The van der Waals surface area contributed by atoms with Crippen LogP contribution >= 0.6 is 11.6 Å². The molecule has 2 N–H and O–H groups in total. The lowest BCUT2D eigenvalue weighted by atomic mass is 10.3. The number of halogens is 4. The van der Waals surface area contributed by atoms with Crippen LogP contribution in [0.3, 0.4) is 0 Å². The van der Waals surface area contributed by atoms with Gasteiger partial charge < -0.3 is 10.6 Å². The van der Waals surface area contributed by atoms with Crippen LogP contribution in [-0.4, -0.2) is 16.5 Å². The standard InChI is InChI=1S/C13H12ClF3N4/c1-2-18-10-7-11(21-12(20-10)13(15,16)17)19-9-5-3-4-8(14)6-9/h3-7H,2H2,1H3,(H2,18,19,20,21). The van der Waals surface area contributed by atoms with Crippen LogP contribution in [0.4, 0.5) is 30.5 Å². The summed E-state index contributed by atoms with van der Waals surface area (Å²) in [6.45, 7) is 2.21. The zero-order valence-electron chi connectivity index (χ0n) is 11.0.